The van der Waals surface area contributed by atoms with E-state index in [0.29, 0.717) is 36.8 Å². The number of carbonyl (C=O) groups excluding carboxylic acids is 2. The summed E-state index contributed by atoms with van der Waals surface area (Å²) in [6, 6.07) is 17.0. The van der Waals surface area contributed by atoms with Gasteiger partial charge in [-0.25, -0.2) is 0 Å². The van der Waals surface area contributed by atoms with Crippen LogP contribution in [0.25, 0.3) is 0 Å². The molecule has 148 valence electrons. The standard InChI is InChI=1S/C22H21ClN4O2/c23-17-8-4-7-16(11-17)12-20(28)27-10-9-19-18(14-27)21(26-25-19)22(29)24-13-15-5-2-1-3-6-15/h1-8,11H,9-10,12-14H2,(H,24,29)(H,25,26). The van der Waals surface area contributed by atoms with E-state index < -0.39 is 0 Å². The Kier molecular flexibility index (Phi) is 5.62. The lowest BCUT2D eigenvalue weighted by Crippen LogP contribution is -2.37. The van der Waals surface area contributed by atoms with E-state index in [9.17, 15) is 9.59 Å². The first kappa shape index (κ1) is 19.2. The topological polar surface area (TPSA) is 78.1 Å². The van der Waals surface area contributed by atoms with Crippen LogP contribution in [-0.4, -0.2) is 33.5 Å². The van der Waals surface area contributed by atoms with Gasteiger partial charge in [0.1, 0.15) is 0 Å². The van der Waals surface area contributed by atoms with E-state index in [1.807, 2.05) is 42.5 Å². The highest BCUT2D eigenvalue weighted by atomic mass is 35.5. The number of aromatic amines is 1. The van der Waals surface area contributed by atoms with Gasteiger partial charge in [0.15, 0.2) is 5.69 Å². The summed E-state index contributed by atoms with van der Waals surface area (Å²) in [4.78, 5) is 27.2. The van der Waals surface area contributed by atoms with E-state index >= 15 is 0 Å². The Morgan fingerprint density at radius 3 is 2.69 bits per heavy atom. The minimum atomic E-state index is -0.240. The third-order valence-corrected chi connectivity index (χ3v) is 5.28. The third-order valence-electron chi connectivity index (χ3n) is 5.04. The molecular weight excluding hydrogens is 388 g/mol. The molecule has 0 bridgehead atoms. The predicted molar refractivity (Wildman–Crippen MR) is 110 cm³/mol. The molecule has 6 nitrogen and oxygen atoms in total. The van der Waals surface area contributed by atoms with Gasteiger partial charge >= 0.3 is 0 Å². The number of amides is 2. The van der Waals surface area contributed by atoms with Gasteiger partial charge in [0.25, 0.3) is 5.91 Å². The molecule has 29 heavy (non-hydrogen) atoms. The summed E-state index contributed by atoms with van der Waals surface area (Å²) in [7, 11) is 0. The van der Waals surface area contributed by atoms with E-state index in [-0.39, 0.29) is 18.2 Å². The maximum atomic E-state index is 12.8. The van der Waals surface area contributed by atoms with Gasteiger partial charge in [0.2, 0.25) is 5.91 Å². The molecule has 2 amide bonds. The molecule has 2 heterocycles. The maximum Gasteiger partial charge on any atom is 0.272 e. The third kappa shape index (κ3) is 4.49. The smallest absolute Gasteiger partial charge is 0.272 e. The number of hydrogen-bond acceptors (Lipinski definition) is 3. The summed E-state index contributed by atoms with van der Waals surface area (Å²) in [6.07, 6.45) is 0.929. The lowest BCUT2D eigenvalue weighted by Gasteiger charge is -2.27. The van der Waals surface area contributed by atoms with Crippen LogP contribution in [0, 0.1) is 0 Å². The van der Waals surface area contributed by atoms with Crippen LogP contribution in [0.15, 0.2) is 54.6 Å². The van der Waals surface area contributed by atoms with Gasteiger partial charge in [-0.1, -0.05) is 54.1 Å². The molecular formula is C22H21ClN4O2. The molecule has 2 aromatic carbocycles. The Labute approximate surface area is 173 Å². The number of nitrogens with one attached hydrogen (secondary N) is 2. The van der Waals surface area contributed by atoms with E-state index in [1.165, 1.54) is 0 Å². The number of rotatable bonds is 5. The fourth-order valence-corrected chi connectivity index (χ4v) is 3.70. The van der Waals surface area contributed by atoms with Gasteiger partial charge in [0.05, 0.1) is 6.42 Å². The number of hydrogen-bond donors (Lipinski definition) is 2. The second-order valence-corrected chi connectivity index (χ2v) is 7.51. The van der Waals surface area contributed by atoms with Crippen molar-refractivity contribution >= 4 is 23.4 Å². The molecule has 7 heteroatoms. The van der Waals surface area contributed by atoms with E-state index in [1.54, 1.807) is 17.0 Å². The quantitative estimate of drug-likeness (QED) is 0.680. The average Bonchev–Trinajstić information content (AvgIpc) is 3.16. The molecule has 0 saturated carbocycles. The van der Waals surface area contributed by atoms with Gasteiger partial charge in [-0.05, 0) is 23.3 Å². The minimum absolute atomic E-state index is 0.00904. The molecule has 0 fully saturated rings. The van der Waals surface area contributed by atoms with Crippen molar-refractivity contribution < 1.29 is 9.59 Å². The zero-order chi connectivity index (χ0) is 20.2. The predicted octanol–water partition coefficient (Wildman–Crippen LogP) is 3.12. The van der Waals surface area contributed by atoms with E-state index in [4.69, 9.17) is 11.6 Å². The maximum absolute atomic E-state index is 12.8. The highest BCUT2D eigenvalue weighted by Crippen LogP contribution is 2.22. The normalized spacial score (nSPS) is 13.1. The first-order chi connectivity index (χ1) is 14.1. The van der Waals surface area contributed by atoms with Gasteiger partial charge in [-0.2, -0.15) is 5.10 Å². The lowest BCUT2D eigenvalue weighted by atomic mass is 10.0. The molecule has 3 aromatic rings. The van der Waals surface area contributed by atoms with Crippen molar-refractivity contribution in [3.05, 3.63) is 87.7 Å². The summed E-state index contributed by atoms with van der Waals surface area (Å²) in [5, 5.41) is 10.7. The Bertz CT molecular complexity index is 1030. The first-order valence-corrected chi connectivity index (χ1v) is 9.88. The summed E-state index contributed by atoms with van der Waals surface area (Å²) >= 11 is 6.01. The zero-order valence-corrected chi connectivity index (χ0v) is 16.6. The Balaban J connectivity index is 1.43. The van der Waals surface area contributed by atoms with Crippen LogP contribution in [0.2, 0.25) is 5.02 Å². The number of benzene rings is 2. The van der Waals surface area contributed by atoms with Crippen molar-refractivity contribution in [3.63, 3.8) is 0 Å². The van der Waals surface area contributed by atoms with Crippen molar-refractivity contribution in [2.24, 2.45) is 0 Å². The Morgan fingerprint density at radius 2 is 1.90 bits per heavy atom. The molecule has 4 rings (SSSR count). The Hall–Kier alpha value is -3.12. The SMILES string of the molecule is O=C(NCc1ccccc1)c1n[nH]c2c1CN(C(=O)Cc1cccc(Cl)c1)CC2. The number of carbonyl (C=O) groups is 2. The Morgan fingerprint density at radius 1 is 1.10 bits per heavy atom. The molecule has 0 spiro atoms. The van der Waals surface area contributed by atoms with Crippen molar-refractivity contribution in [2.75, 3.05) is 6.54 Å². The van der Waals surface area contributed by atoms with E-state index in [2.05, 4.69) is 15.5 Å². The molecule has 1 aromatic heterocycles. The fourth-order valence-electron chi connectivity index (χ4n) is 3.49. The molecule has 1 aliphatic rings. The zero-order valence-electron chi connectivity index (χ0n) is 15.8. The lowest BCUT2D eigenvalue weighted by molar-refractivity contribution is -0.131. The molecule has 1 aliphatic heterocycles. The number of halogens is 1. The number of fused-ring (bicyclic) bond motifs is 1. The van der Waals surface area contributed by atoms with Crippen LogP contribution in [-0.2, 0) is 30.7 Å². The van der Waals surface area contributed by atoms with E-state index in [0.717, 1.165) is 22.4 Å². The molecule has 0 unspecified atom stereocenters. The molecule has 0 saturated heterocycles. The highest BCUT2D eigenvalue weighted by molar-refractivity contribution is 6.30. The van der Waals surface area contributed by atoms with Crippen LogP contribution >= 0.6 is 11.6 Å². The van der Waals surface area contributed by atoms with Crippen molar-refractivity contribution in [3.8, 4) is 0 Å². The summed E-state index contributed by atoms with van der Waals surface area (Å²) < 4.78 is 0. The van der Waals surface area contributed by atoms with Crippen LogP contribution in [0.4, 0.5) is 0 Å². The van der Waals surface area contributed by atoms with Gasteiger partial charge in [0, 0.05) is 42.3 Å². The molecule has 2 N–H and O–H groups in total. The number of H-pyrrole nitrogens is 1. The number of nitrogens with zero attached hydrogens (tertiary/aromatic N) is 2. The monoisotopic (exact) mass is 408 g/mol. The molecule has 0 atom stereocenters. The van der Waals surface area contributed by atoms with Crippen molar-refractivity contribution in [1.29, 1.82) is 0 Å². The molecule has 0 aliphatic carbocycles. The summed E-state index contributed by atoms with van der Waals surface area (Å²) in [6.45, 7) is 1.40. The van der Waals surface area contributed by atoms with Crippen LogP contribution < -0.4 is 5.32 Å². The molecule has 0 radical (unpaired) electrons. The van der Waals surface area contributed by atoms with Crippen LogP contribution in [0.1, 0.15) is 32.9 Å². The highest BCUT2D eigenvalue weighted by Gasteiger charge is 2.27. The van der Waals surface area contributed by atoms with Gasteiger partial charge in [-0.3, -0.25) is 14.7 Å². The second kappa shape index (κ2) is 8.49. The number of aromatic nitrogens is 2. The van der Waals surface area contributed by atoms with Crippen molar-refractivity contribution in [2.45, 2.75) is 25.9 Å². The first-order valence-electron chi connectivity index (χ1n) is 9.50. The largest absolute Gasteiger partial charge is 0.347 e. The van der Waals surface area contributed by atoms with Crippen LogP contribution in [0.5, 0.6) is 0 Å². The van der Waals surface area contributed by atoms with Gasteiger partial charge in [-0.15, -0.1) is 0 Å². The van der Waals surface area contributed by atoms with Crippen LogP contribution in [0.3, 0.4) is 0 Å². The van der Waals surface area contributed by atoms with Crippen molar-refractivity contribution in [1.82, 2.24) is 20.4 Å². The van der Waals surface area contributed by atoms with Gasteiger partial charge < -0.3 is 10.2 Å². The average molecular weight is 409 g/mol. The second-order valence-electron chi connectivity index (χ2n) is 7.07. The summed E-state index contributed by atoms with van der Waals surface area (Å²) in [5.74, 6) is -0.231. The summed E-state index contributed by atoms with van der Waals surface area (Å²) in [5.41, 5.74) is 3.96. The minimum Gasteiger partial charge on any atom is -0.347 e. The fraction of sp³-hybridized carbons (Fsp3) is 0.227.